The number of piperidine rings is 1. The SMILES string of the molecule is Nc1cc(N2CCC(F)(F)CC2)n2ccnc2c1. The van der Waals surface area contributed by atoms with Crippen molar-refractivity contribution in [2.45, 2.75) is 18.8 Å². The van der Waals surface area contributed by atoms with E-state index < -0.39 is 5.92 Å². The van der Waals surface area contributed by atoms with Gasteiger partial charge in [0.15, 0.2) is 0 Å². The molecule has 2 aromatic heterocycles. The lowest BCUT2D eigenvalue weighted by Gasteiger charge is -2.33. The summed E-state index contributed by atoms with van der Waals surface area (Å²) >= 11 is 0. The maximum Gasteiger partial charge on any atom is 0.251 e. The van der Waals surface area contributed by atoms with Crippen LogP contribution in [0.5, 0.6) is 0 Å². The van der Waals surface area contributed by atoms with E-state index in [1.807, 2.05) is 15.5 Å². The van der Waals surface area contributed by atoms with Crippen LogP contribution >= 0.6 is 0 Å². The number of halogens is 2. The van der Waals surface area contributed by atoms with Crippen LogP contribution in [-0.4, -0.2) is 28.4 Å². The molecule has 3 heterocycles. The third-order valence-electron chi connectivity index (χ3n) is 3.33. The number of fused-ring (bicyclic) bond motifs is 1. The van der Waals surface area contributed by atoms with Gasteiger partial charge in [0.2, 0.25) is 0 Å². The standard InChI is InChI=1S/C12H14F2N4/c13-12(14)1-4-17(5-2-12)11-8-9(15)7-10-16-3-6-18(10)11/h3,6-8H,1-2,4-5,15H2. The summed E-state index contributed by atoms with van der Waals surface area (Å²) in [5.41, 5.74) is 7.15. The van der Waals surface area contributed by atoms with E-state index in [-0.39, 0.29) is 12.8 Å². The minimum Gasteiger partial charge on any atom is -0.399 e. The first-order valence-electron chi connectivity index (χ1n) is 5.91. The second-order valence-corrected chi connectivity index (χ2v) is 4.65. The first-order valence-corrected chi connectivity index (χ1v) is 5.91. The van der Waals surface area contributed by atoms with Crippen molar-refractivity contribution < 1.29 is 8.78 Å². The molecule has 0 spiro atoms. The number of nitrogens with two attached hydrogens (primary N) is 1. The number of hydrogen-bond donors (Lipinski definition) is 1. The van der Waals surface area contributed by atoms with E-state index in [1.165, 1.54) is 0 Å². The van der Waals surface area contributed by atoms with Crippen LogP contribution in [0.15, 0.2) is 24.5 Å². The molecular weight excluding hydrogens is 238 g/mol. The molecule has 6 heteroatoms. The highest BCUT2D eigenvalue weighted by molar-refractivity contribution is 5.62. The zero-order valence-corrected chi connectivity index (χ0v) is 9.81. The normalized spacial score (nSPS) is 19.3. The second-order valence-electron chi connectivity index (χ2n) is 4.65. The van der Waals surface area contributed by atoms with E-state index >= 15 is 0 Å². The van der Waals surface area contributed by atoms with E-state index in [0.29, 0.717) is 18.8 Å². The number of pyridine rings is 1. The van der Waals surface area contributed by atoms with Gasteiger partial charge in [-0.15, -0.1) is 0 Å². The Bertz CT molecular complexity index is 568. The predicted molar refractivity (Wildman–Crippen MR) is 66.0 cm³/mol. The molecule has 0 bridgehead atoms. The molecule has 1 aliphatic rings. The predicted octanol–water partition coefficient (Wildman–Crippen LogP) is 2.15. The molecular formula is C12H14F2N4. The van der Waals surface area contributed by atoms with Gasteiger partial charge >= 0.3 is 0 Å². The summed E-state index contributed by atoms with van der Waals surface area (Å²) in [5.74, 6) is -1.71. The number of nitrogen functional groups attached to an aromatic ring is 1. The molecule has 1 fully saturated rings. The molecule has 1 aliphatic heterocycles. The Morgan fingerprint density at radius 2 is 1.94 bits per heavy atom. The molecule has 4 nitrogen and oxygen atoms in total. The van der Waals surface area contributed by atoms with Gasteiger partial charge in [-0.1, -0.05) is 0 Å². The van der Waals surface area contributed by atoms with Gasteiger partial charge in [-0.3, -0.25) is 4.40 Å². The van der Waals surface area contributed by atoms with E-state index in [4.69, 9.17) is 5.73 Å². The topological polar surface area (TPSA) is 46.6 Å². The summed E-state index contributed by atoms with van der Waals surface area (Å²) in [6.45, 7) is 0.674. The Labute approximate surface area is 103 Å². The summed E-state index contributed by atoms with van der Waals surface area (Å²) < 4.78 is 28.2. The molecule has 0 radical (unpaired) electrons. The van der Waals surface area contributed by atoms with Crippen molar-refractivity contribution in [1.29, 1.82) is 0 Å². The molecule has 96 valence electrons. The van der Waals surface area contributed by atoms with E-state index in [2.05, 4.69) is 4.98 Å². The number of rotatable bonds is 1. The largest absolute Gasteiger partial charge is 0.399 e. The first kappa shape index (κ1) is 11.3. The monoisotopic (exact) mass is 252 g/mol. The van der Waals surface area contributed by atoms with Gasteiger partial charge in [0.25, 0.3) is 5.92 Å². The van der Waals surface area contributed by atoms with Gasteiger partial charge < -0.3 is 10.6 Å². The zero-order chi connectivity index (χ0) is 12.8. The summed E-state index contributed by atoms with van der Waals surface area (Å²) in [7, 11) is 0. The first-order chi connectivity index (χ1) is 8.55. The molecule has 1 saturated heterocycles. The molecule has 18 heavy (non-hydrogen) atoms. The highest BCUT2D eigenvalue weighted by Crippen LogP contribution is 2.31. The van der Waals surface area contributed by atoms with Crippen LogP contribution < -0.4 is 10.6 Å². The average Bonchev–Trinajstić information content (AvgIpc) is 2.76. The highest BCUT2D eigenvalue weighted by atomic mass is 19.3. The fraction of sp³-hybridized carbons (Fsp3) is 0.417. The number of aromatic nitrogens is 2. The van der Waals surface area contributed by atoms with Crippen LogP contribution in [-0.2, 0) is 0 Å². The molecule has 0 saturated carbocycles. The molecule has 0 atom stereocenters. The zero-order valence-electron chi connectivity index (χ0n) is 9.81. The molecule has 0 unspecified atom stereocenters. The van der Waals surface area contributed by atoms with Crippen LogP contribution in [0.4, 0.5) is 20.3 Å². The fourth-order valence-electron chi connectivity index (χ4n) is 2.33. The van der Waals surface area contributed by atoms with Crippen LogP contribution in [0.2, 0.25) is 0 Å². The minimum atomic E-state index is -2.54. The summed E-state index contributed by atoms with van der Waals surface area (Å²) in [4.78, 5) is 6.10. The third kappa shape index (κ3) is 1.87. The van der Waals surface area contributed by atoms with Crippen molar-refractivity contribution in [2.24, 2.45) is 0 Å². The Kier molecular flexibility index (Phi) is 2.39. The maximum atomic E-state index is 13.2. The molecule has 0 aromatic carbocycles. The van der Waals surface area contributed by atoms with Crippen molar-refractivity contribution in [3.63, 3.8) is 0 Å². The lowest BCUT2D eigenvalue weighted by molar-refractivity contribution is -0.0221. The van der Waals surface area contributed by atoms with Gasteiger partial charge in [0, 0.05) is 56.1 Å². The van der Waals surface area contributed by atoms with E-state index in [0.717, 1.165) is 11.5 Å². The van der Waals surface area contributed by atoms with Gasteiger partial charge in [0.1, 0.15) is 11.5 Å². The number of hydrogen-bond acceptors (Lipinski definition) is 3. The molecule has 3 rings (SSSR count). The Hall–Kier alpha value is -1.85. The highest BCUT2D eigenvalue weighted by Gasteiger charge is 2.34. The number of imidazole rings is 1. The lowest BCUT2D eigenvalue weighted by Crippen LogP contribution is -2.40. The fourth-order valence-corrected chi connectivity index (χ4v) is 2.33. The van der Waals surface area contributed by atoms with Crippen molar-refractivity contribution in [1.82, 2.24) is 9.38 Å². The van der Waals surface area contributed by atoms with E-state index in [9.17, 15) is 8.78 Å². The van der Waals surface area contributed by atoms with Crippen LogP contribution in [0, 0.1) is 0 Å². The average molecular weight is 252 g/mol. The molecule has 0 amide bonds. The Morgan fingerprint density at radius 3 is 2.67 bits per heavy atom. The van der Waals surface area contributed by atoms with Crippen LogP contribution in [0.3, 0.4) is 0 Å². The molecule has 2 aromatic rings. The Balaban J connectivity index is 1.97. The van der Waals surface area contributed by atoms with E-state index in [1.54, 1.807) is 18.3 Å². The number of nitrogens with zero attached hydrogens (tertiary/aromatic N) is 3. The lowest BCUT2D eigenvalue weighted by atomic mass is 10.1. The van der Waals surface area contributed by atoms with Crippen molar-refractivity contribution in [3.8, 4) is 0 Å². The van der Waals surface area contributed by atoms with Gasteiger partial charge in [-0.05, 0) is 0 Å². The van der Waals surface area contributed by atoms with Crippen LogP contribution in [0.1, 0.15) is 12.8 Å². The molecule has 2 N–H and O–H groups in total. The quantitative estimate of drug-likeness (QED) is 0.846. The summed E-state index contributed by atoms with van der Waals surface area (Å²) in [6, 6.07) is 3.57. The van der Waals surface area contributed by atoms with Crippen molar-refractivity contribution in [2.75, 3.05) is 23.7 Å². The second kappa shape index (κ2) is 3.83. The number of alkyl halides is 2. The summed E-state index contributed by atoms with van der Waals surface area (Å²) in [5, 5.41) is 0. The van der Waals surface area contributed by atoms with Crippen molar-refractivity contribution in [3.05, 3.63) is 24.5 Å². The molecule has 0 aliphatic carbocycles. The summed E-state index contributed by atoms with van der Waals surface area (Å²) in [6.07, 6.45) is 3.27. The van der Waals surface area contributed by atoms with Gasteiger partial charge in [0.05, 0.1) is 0 Å². The van der Waals surface area contributed by atoms with Gasteiger partial charge in [-0.25, -0.2) is 13.8 Å². The smallest absolute Gasteiger partial charge is 0.251 e. The van der Waals surface area contributed by atoms with Gasteiger partial charge in [-0.2, -0.15) is 0 Å². The number of anilines is 2. The Morgan fingerprint density at radius 1 is 1.22 bits per heavy atom. The minimum absolute atomic E-state index is 0.113. The third-order valence-corrected chi connectivity index (χ3v) is 3.33. The van der Waals surface area contributed by atoms with Crippen LogP contribution in [0.25, 0.3) is 5.65 Å². The van der Waals surface area contributed by atoms with Crippen molar-refractivity contribution >= 4 is 17.2 Å². The maximum absolute atomic E-state index is 13.2.